The van der Waals surface area contributed by atoms with Gasteiger partial charge in [-0.3, -0.25) is 14.9 Å². The standard InChI is InChI=1S/C19H20BrN3O2S/c1-3-5-17(24)21-14-6-4-7-15(11-14)22-19(26)23-18(25)13-9-8-12(2)16(20)10-13/h4,6-11H,3,5H2,1-2H3,(H,21,24)(H2,22,23,25,26). The van der Waals surface area contributed by atoms with Crippen molar-refractivity contribution in [3.63, 3.8) is 0 Å². The van der Waals surface area contributed by atoms with Crippen molar-refractivity contribution in [3.8, 4) is 0 Å². The van der Waals surface area contributed by atoms with E-state index in [9.17, 15) is 9.59 Å². The van der Waals surface area contributed by atoms with Gasteiger partial charge in [-0.25, -0.2) is 0 Å². The summed E-state index contributed by atoms with van der Waals surface area (Å²) in [5, 5.41) is 8.60. The predicted molar refractivity (Wildman–Crippen MR) is 113 cm³/mol. The zero-order chi connectivity index (χ0) is 19.1. The molecule has 0 saturated heterocycles. The number of thiocarbonyl (C=S) groups is 1. The SMILES string of the molecule is CCCC(=O)Nc1cccc(NC(=S)NC(=O)c2ccc(C)c(Br)c2)c1. The summed E-state index contributed by atoms with van der Waals surface area (Å²) in [7, 11) is 0. The maximum atomic E-state index is 12.3. The molecule has 0 aliphatic heterocycles. The molecule has 0 heterocycles. The van der Waals surface area contributed by atoms with Crippen LogP contribution in [-0.4, -0.2) is 16.9 Å². The van der Waals surface area contributed by atoms with Crippen LogP contribution in [0.15, 0.2) is 46.9 Å². The van der Waals surface area contributed by atoms with Gasteiger partial charge in [0.2, 0.25) is 5.91 Å². The van der Waals surface area contributed by atoms with Crippen molar-refractivity contribution in [1.29, 1.82) is 0 Å². The first kappa shape index (κ1) is 20.1. The summed E-state index contributed by atoms with van der Waals surface area (Å²) >= 11 is 8.61. The van der Waals surface area contributed by atoms with E-state index in [1.54, 1.807) is 36.4 Å². The molecule has 0 unspecified atom stereocenters. The lowest BCUT2D eigenvalue weighted by Gasteiger charge is -2.12. The molecule has 26 heavy (non-hydrogen) atoms. The van der Waals surface area contributed by atoms with E-state index in [1.807, 2.05) is 19.9 Å². The van der Waals surface area contributed by atoms with E-state index in [0.717, 1.165) is 16.5 Å². The number of anilines is 2. The molecule has 2 rings (SSSR count). The second kappa shape index (κ2) is 9.45. The first-order valence-corrected chi connectivity index (χ1v) is 9.37. The molecule has 0 aliphatic rings. The highest BCUT2D eigenvalue weighted by Crippen LogP contribution is 2.18. The summed E-state index contributed by atoms with van der Waals surface area (Å²) in [4.78, 5) is 24.0. The third-order valence-electron chi connectivity index (χ3n) is 3.54. The molecule has 0 spiro atoms. The van der Waals surface area contributed by atoms with Gasteiger partial charge in [0.15, 0.2) is 5.11 Å². The molecule has 2 amide bonds. The molecule has 136 valence electrons. The second-order valence-corrected chi connectivity index (χ2v) is 7.01. The number of hydrogen-bond donors (Lipinski definition) is 3. The fraction of sp³-hybridized carbons (Fsp3) is 0.211. The number of carbonyl (C=O) groups is 2. The van der Waals surface area contributed by atoms with Gasteiger partial charge in [-0.1, -0.05) is 35.0 Å². The Morgan fingerprint density at radius 2 is 1.77 bits per heavy atom. The number of halogens is 1. The Balaban J connectivity index is 1.97. The topological polar surface area (TPSA) is 70.2 Å². The van der Waals surface area contributed by atoms with Crippen LogP contribution in [0.4, 0.5) is 11.4 Å². The third-order valence-corrected chi connectivity index (χ3v) is 4.60. The van der Waals surface area contributed by atoms with Crippen LogP contribution < -0.4 is 16.0 Å². The van der Waals surface area contributed by atoms with Gasteiger partial charge in [0, 0.05) is 27.8 Å². The minimum atomic E-state index is -0.296. The van der Waals surface area contributed by atoms with Crippen LogP contribution >= 0.6 is 28.1 Å². The number of carbonyl (C=O) groups excluding carboxylic acids is 2. The van der Waals surface area contributed by atoms with E-state index in [4.69, 9.17) is 12.2 Å². The monoisotopic (exact) mass is 433 g/mol. The molecule has 7 heteroatoms. The maximum Gasteiger partial charge on any atom is 0.257 e. The molecule has 0 bridgehead atoms. The highest BCUT2D eigenvalue weighted by molar-refractivity contribution is 9.10. The van der Waals surface area contributed by atoms with Crippen molar-refractivity contribution in [3.05, 3.63) is 58.1 Å². The molecule has 5 nitrogen and oxygen atoms in total. The molecule has 2 aromatic rings. The average molecular weight is 434 g/mol. The van der Waals surface area contributed by atoms with E-state index in [0.29, 0.717) is 23.4 Å². The molecule has 0 aromatic heterocycles. The van der Waals surface area contributed by atoms with Gasteiger partial charge in [0.25, 0.3) is 5.91 Å². The molecule has 0 atom stereocenters. The number of benzene rings is 2. The van der Waals surface area contributed by atoms with Crippen molar-refractivity contribution < 1.29 is 9.59 Å². The smallest absolute Gasteiger partial charge is 0.257 e. The summed E-state index contributed by atoms with van der Waals surface area (Å²) < 4.78 is 0.861. The number of amides is 2. The van der Waals surface area contributed by atoms with Crippen molar-refractivity contribution >= 4 is 56.4 Å². The number of rotatable bonds is 5. The molecular weight excluding hydrogens is 414 g/mol. The van der Waals surface area contributed by atoms with Crippen molar-refractivity contribution in [2.75, 3.05) is 10.6 Å². The molecule has 2 aromatic carbocycles. The van der Waals surface area contributed by atoms with E-state index in [1.165, 1.54) is 0 Å². The van der Waals surface area contributed by atoms with Crippen LogP contribution in [0, 0.1) is 6.92 Å². The first-order valence-electron chi connectivity index (χ1n) is 8.17. The van der Waals surface area contributed by atoms with Gasteiger partial charge in [0.05, 0.1) is 0 Å². The second-order valence-electron chi connectivity index (χ2n) is 5.75. The minimum Gasteiger partial charge on any atom is -0.332 e. The molecule has 0 fully saturated rings. The van der Waals surface area contributed by atoms with E-state index in [-0.39, 0.29) is 16.9 Å². The number of aryl methyl sites for hydroxylation is 1. The van der Waals surface area contributed by atoms with Crippen LogP contribution in [0.2, 0.25) is 0 Å². The molecular formula is C19H20BrN3O2S. The average Bonchev–Trinajstić information content (AvgIpc) is 2.57. The fourth-order valence-electron chi connectivity index (χ4n) is 2.20. The summed E-state index contributed by atoms with van der Waals surface area (Å²) in [5.74, 6) is -0.332. The summed E-state index contributed by atoms with van der Waals surface area (Å²) in [6, 6.07) is 12.5. The van der Waals surface area contributed by atoms with Crippen LogP contribution in [0.25, 0.3) is 0 Å². The maximum absolute atomic E-state index is 12.3. The summed E-state index contributed by atoms with van der Waals surface area (Å²) in [5.41, 5.74) is 2.90. The zero-order valence-electron chi connectivity index (χ0n) is 14.6. The van der Waals surface area contributed by atoms with E-state index >= 15 is 0 Å². The lowest BCUT2D eigenvalue weighted by Crippen LogP contribution is -2.34. The molecule has 0 aliphatic carbocycles. The van der Waals surface area contributed by atoms with Gasteiger partial charge in [-0.05, 0) is 61.5 Å². The van der Waals surface area contributed by atoms with Crippen molar-refractivity contribution in [1.82, 2.24) is 5.32 Å². The molecule has 0 saturated carbocycles. The van der Waals surface area contributed by atoms with Crippen LogP contribution in [0.5, 0.6) is 0 Å². The van der Waals surface area contributed by atoms with Gasteiger partial charge >= 0.3 is 0 Å². The zero-order valence-corrected chi connectivity index (χ0v) is 17.0. The largest absolute Gasteiger partial charge is 0.332 e. The lowest BCUT2D eigenvalue weighted by atomic mass is 10.1. The summed E-state index contributed by atoms with van der Waals surface area (Å²) in [6.07, 6.45) is 1.26. The predicted octanol–water partition coefficient (Wildman–Crippen LogP) is 4.62. The van der Waals surface area contributed by atoms with Crippen LogP contribution in [-0.2, 0) is 4.79 Å². The van der Waals surface area contributed by atoms with Gasteiger partial charge in [0.1, 0.15) is 0 Å². The van der Waals surface area contributed by atoms with E-state index in [2.05, 4.69) is 31.9 Å². The molecule has 0 radical (unpaired) electrons. The van der Waals surface area contributed by atoms with Crippen LogP contribution in [0.3, 0.4) is 0 Å². The number of nitrogens with one attached hydrogen (secondary N) is 3. The molecule has 3 N–H and O–H groups in total. The Hall–Kier alpha value is -2.25. The van der Waals surface area contributed by atoms with E-state index < -0.39 is 0 Å². The lowest BCUT2D eigenvalue weighted by molar-refractivity contribution is -0.116. The van der Waals surface area contributed by atoms with Crippen LogP contribution in [0.1, 0.15) is 35.7 Å². The highest BCUT2D eigenvalue weighted by Gasteiger charge is 2.10. The summed E-state index contributed by atoms with van der Waals surface area (Å²) in [6.45, 7) is 3.90. The minimum absolute atomic E-state index is 0.0366. The Kier molecular flexibility index (Phi) is 7.29. The Bertz CT molecular complexity index is 839. The van der Waals surface area contributed by atoms with Crippen molar-refractivity contribution in [2.45, 2.75) is 26.7 Å². The van der Waals surface area contributed by atoms with Crippen molar-refractivity contribution in [2.24, 2.45) is 0 Å². The normalized spacial score (nSPS) is 10.1. The Morgan fingerprint density at radius 1 is 1.08 bits per heavy atom. The third kappa shape index (κ3) is 5.93. The first-order chi connectivity index (χ1) is 12.4. The van der Waals surface area contributed by atoms with Gasteiger partial charge in [-0.2, -0.15) is 0 Å². The van der Waals surface area contributed by atoms with Gasteiger partial charge < -0.3 is 10.6 Å². The fourth-order valence-corrected chi connectivity index (χ4v) is 2.79. The number of hydrogen-bond acceptors (Lipinski definition) is 3. The Labute approximate surface area is 166 Å². The van der Waals surface area contributed by atoms with Gasteiger partial charge in [-0.15, -0.1) is 0 Å². The quantitative estimate of drug-likeness (QED) is 0.601. The highest BCUT2D eigenvalue weighted by atomic mass is 79.9. The Morgan fingerprint density at radius 3 is 2.42 bits per heavy atom.